The summed E-state index contributed by atoms with van der Waals surface area (Å²) in [5, 5.41) is 3.11. The summed E-state index contributed by atoms with van der Waals surface area (Å²) in [4.78, 5) is 16.4. The van der Waals surface area contributed by atoms with Gasteiger partial charge in [0.25, 0.3) is 5.91 Å². The lowest BCUT2D eigenvalue weighted by Crippen LogP contribution is -2.39. The maximum absolute atomic E-state index is 12.2. The summed E-state index contributed by atoms with van der Waals surface area (Å²) in [6.45, 7) is 6.41. The molecule has 0 unspecified atom stereocenters. The quantitative estimate of drug-likeness (QED) is 0.860. The van der Waals surface area contributed by atoms with E-state index >= 15 is 0 Å². The number of nitrogen functional groups attached to an aromatic ring is 1. The molecule has 0 spiro atoms. The molecule has 104 valence electrons. The Bertz CT molecular complexity index is 472. The highest BCUT2D eigenvalue weighted by Gasteiger charge is 2.28. The lowest BCUT2D eigenvalue weighted by Gasteiger charge is -2.34. The van der Waals surface area contributed by atoms with Crippen LogP contribution in [0, 0.1) is 12.3 Å². The van der Waals surface area contributed by atoms with Crippen molar-refractivity contribution in [3.8, 4) is 0 Å². The van der Waals surface area contributed by atoms with Crippen molar-refractivity contribution in [1.82, 2.24) is 10.3 Å². The van der Waals surface area contributed by atoms with E-state index in [0.717, 1.165) is 31.4 Å². The van der Waals surface area contributed by atoms with Crippen molar-refractivity contribution in [2.24, 2.45) is 5.41 Å². The Morgan fingerprint density at radius 1 is 1.42 bits per heavy atom. The molecule has 1 heterocycles. The van der Waals surface area contributed by atoms with Crippen LogP contribution in [0.2, 0.25) is 0 Å². The lowest BCUT2D eigenvalue weighted by atomic mass is 9.75. The molecule has 1 fully saturated rings. The largest absolute Gasteiger partial charge is 0.397 e. The Labute approximate surface area is 114 Å². The lowest BCUT2D eigenvalue weighted by molar-refractivity contribution is 0.0908. The molecule has 0 radical (unpaired) electrons. The van der Waals surface area contributed by atoms with Crippen LogP contribution in [0.4, 0.5) is 5.69 Å². The van der Waals surface area contributed by atoms with Gasteiger partial charge >= 0.3 is 0 Å². The predicted octanol–water partition coefficient (Wildman–Crippen LogP) is 2.67. The predicted molar refractivity (Wildman–Crippen MR) is 76.9 cm³/mol. The Balaban J connectivity index is 2.00. The number of aromatic nitrogens is 1. The summed E-state index contributed by atoms with van der Waals surface area (Å²) in [6, 6.07) is 1.98. The number of pyridine rings is 1. The van der Waals surface area contributed by atoms with Crippen molar-refractivity contribution in [3.05, 3.63) is 23.5 Å². The average Bonchev–Trinajstić information content (AvgIpc) is 2.35. The van der Waals surface area contributed by atoms with Crippen LogP contribution in [0.3, 0.4) is 0 Å². The van der Waals surface area contributed by atoms with E-state index in [1.165, 1.54) is 0 Å². The number of nitrogens with zero attached hydrogens (tertiary/aromatic N) is 1. The number of carbonyl (C=O) groups excluding carboxylic acids is 1. The van der Waals surface area contributed by atoms with Crippen molar-refractivity contribution in [2.75, 3.05) is 5.73 Å². The molecule has 1 aliphatic carbocycles. The monoisotopic (exact) mass is 261 g/mol. The Morgan fingerprint density at radius 2 is 2.05 bits per heavy atom. The number of nitrogens with one attached hydrogen (secondary N) is 1. The van der Waals surface area contributed by atoms with Gasteiger partial charge in [-0.15, -0.1) is 0 Å². The van der Waals surface area contributed by atoms with Crippen LogP contribution in [-0.4, -0.2) is 16.9 Å². The first-order valence-electron chi connectivity index (χ1n) is 6.90. The second-order valence-electron chi connectivity index (χ2n) is 6.31. The molecule has 19 heavy (non-hydrogen) atoms. The number of hydrogen-bond donors (Lipinski definition) is 2. The molecule has 3 N–H and O–H groups in total. The van der Waals surface area contributed by atoms with Gasteiger partial charge in [-0.05, 0) is 44.1 Å². The van der Waals surface area contributed by atoms with E-state index in [1.54, 1.807) is 12.3 Å². The fourth-order valence-corrected chi connectivity index (χ4v) is 2.59. The van der Waals surface area contributed by atoms with Crippen LogP contribution in [0.1, 0.15) is 55.6 Å². The molecule has 0 aliphatic heterocycles. The molecule has 0 bridgehead atoms. The van der Waals surface area contributed by atoms with E-state index in [0.29, 0.717) is 16.7 Å². The number of amides is 1. The molecule has 1 aliphatic rings. The molecule has 1 aromatic rings. The zero-order valence-corrected chi connectivity index (χ0v) is 12.0. The third kappa shape index (κ3) is 3.46. The number of anilines is 1. The summed E-state index contributed by atoms with van der Waals surface area (Å²) in [6.07, 6.45) is 5.99. The Hall–Kier alpha value is -1.58. The van der Waals surface area contributed by atoms with Crippen LogP contribution in [0.15, 0.2) is 12.3 Å². The molecular weight excluding hydrogens is 238 g/mol. The third-order valence-electron chi connectivity index (χ3n) is 4.03. The Kier molecular flexibility index (Phi) is 3.78. The summed E-state index contributed by atoms with van der Waals surface area (Å²) in [5.74, 6) is -0.0537. The van der Waals surface area contributed by atoms with Crippen molar-refractivity contribution in [3.63, 3.8) is 0 Å². The molecule has 1 saturated carbocycles. The fourth-order valence-electron chi connectivity index (χ4n) is 2.59. The second kappa shape index (κ2) is 5.19. The van der Waals surface area contributed by atoms with Crippen LogP contribution >= 0.6 is 0 Å². The van der Waals surface area contributed by atoms with Gasteiger partial charge in [-0.25, -0.2) is 0 Å². The highest BCUT2D eigenvalue weighted by Crippen LogP contribution is 2.35. The summed E-state index contributed by atoms with van der Waals surface area (Å²) in [5.41, 5.74) is 7.95. The maximum Gasteiger partial charge on any atom is 0.253 e. The minimum Gasteiger partial charge on any atom is -0.397 e. The smallest absolute Gasteiger partial charge is 0.253 e. The van der Waals surface area contributed by atoms with Gasteiger partial charge < -0.3 is 11.1 Å². The van der Waals surface area contributed by atoms with Crippen LogP contribution in [0.25, 0.3) is 0 Å². The van der Waals surface area contributed by atoms with Crippen molar-refractivity contribution in [1.29, 1.82) is 0 Å². The Morgan fingerprint density at radius 3 is 2.68 bits per heavy atom. The maximum atomic E-state index is 12.2. The zero-order valence-electron chi connectivity index (χ0n) is 12.0. The SMILES string of the molecule is Cc1ncc(N)cc1C(=O)NC1CCC(C)(C)CC1. The first-order chi connectivity index (χ1) is 8.87. The van der Waals surface area contributed by atoms with E-state index in [1.807, 2.05) is 6.92 Å². The number of nitrogens with two attached hydrogens (primary N) is 1. The highest BCUT2D eigenvalue weighted by molar-refractivity contribution is 5.96. The molecule has 0 saturated heterocycles. The van der Waals surface area contributed by atoms with Crippen LogP contribution in [-0.2, 0) is 0 Å². The van der Waals surface area contributed by atoms with Gasteiger partial charge in [0.2, 0.25) is 0 Å². The molecule has 1 amide bonds. The summed E-state index contributed by atoms with van der Waals surface area (Å²) < 4.78 is 0. The van der Waals surface area contributed by atoms with E-state index in [2.05, 4.69) is 24.1 Å². The molecular formula is C15H23N3O. The molecule has 2 rings (SSSR count). The summed E-state index contributed by atoms with van der Waals surface area (Å²) >= 11 is 0. The first kappa shape index (κ1) is 13.8. The van der Waals surface area contributed by atoms with Gasteiger partial charge in [-0.1, -0.05) is 13.8 Å². The number of rotatable bonds is 2. The molecule has 1 aromatic heterocycles. The topological polar surface area (TPSA) is 68.0 Å². The zero-order chi connectivity index (χ0) is 14.0. The van der Waals surface area contributed by atoms with E-state index in [9.17, 15) is 4.79 Å². The van der Waals surface area contributed by atoms with Crippen molar-refractivity contribution in [2.45, 2.75) is 52.5 Å². The van der Waals surface area contributed by atoms with E-state index < -0.39 is 0 Å². The van der Waals surface area contributed by atoms with E-state index in [-0.39, 0.29) is 11.9 Å². The van der Waals surface area contributed by atoms with Crippen molar-refractivity contribution < 1.29 is 4.79 Å². The molecule has 4 nitrogen and oxygen atoms in total. The van der Waals surface area contributed by atoms with Gasteiger partial charge in [0, 0.05) is 6.04 Å². The standard InChI is InChI=1S/C15H23N3O/c1-10-13(8-11(16)9-17-10)14(19)18-12-4-6-15(2,3)7-5-12/h8-9,12H,4-7,16H2,1-3H3,(H,18,19). The highest BCUT2D eigenvalue weighted by atomic mass is 16.1. The van der Waals surface area contributed by atoms with Gasteiger partial charge in [0.05, 0.1) is 23.1 Å². The van der Waals surface area contributed by atoms with Gasteiger partial charge in [-0.2, -0.15) is 0 Å². The summed E-state index contributed by atoms with van der Waals surface area (Å²) in [7, 11) is 0. The van der Waals surface area contributed by atoms with Crippen LogP contribution < -0.4 is 11.1 Å². The van der Waals surface area contributed by atoms with Gasteiger partial charge in [-0.3, -0.25) is 9.78 Å². The van der Waals surface area contributed by atoms with Crippen molar-refractivity contribution >= 4 is 11.6 Å². The number of hydrogen-bond acceptors (Lipinski definition) is 3. The van der Waals surface area contributed by atoms with Gasteiger partial charge in [0.15, 0.2) is 0 Å². The first-order valence-corrected chi connectivity index (χ1v) is 6.90. The molecule has 0 atom stereocenters. The second-order valence-corrected chi connectivity index (χ2v) is 6.31. The third-order valence-corrected chi connectivity index (χ3v) is 4.03. The minimum absolute atomic E-state index is 0.0537. The number of carbonyl (C=O) groups is 1. The van der Waals surface area contributed by atoms with E-state index in [4.69, 9.17) is 5.73 Å². The molecule has 4 heteroatoms. The average molecular weight is 261 g/mol. The number of aryl methyl sites for hydroxylation is 1. The fraction of sp³-hybridized carbons (Fsp3) is 0.600. The normalized spacial score (nSPS) is 19.1. The van der Waals surface area contributed by atoms with Crippen LogP contribution in [0.5, 0.6) is 0 Å². The molecule has 0 aromatic carbocycles. The van der Waals surface area contributed by atoms with Gasteiger partial charge in [0.1, 0.15) is 0 Å². The minimum atomic E-state index is -0.0537.